The molecule has 0 radical (unpaired) electrons. The first-order valence-electron chi connectivity index (χ1n) is 26.5. The SMILES string of the molecule is CC(=O)c1cn(CC(=O)N2C[C@H](F)C[C@H]2C(=O)NCc2cccc(Cl)c2F)c2cc(CC(=O)OC(C)(C)C)ccc12.CC(=O)c1cn(CC(=O)N2C[C@H](F)C[C@H]2C(=O)NCc2cccc(Cl)c2F)c2ccc(NC(=O)OCC3CC3)cc12. The summed E-state index contributed by atoms with van der Waals surface area (Å²) in [7, 11) is 0. The van der Waals surface area contributed by atoms with Crippen LogP contribution in [0, 0.1) is 17.6 Å². The van der Waals surface area contributed by atoms with E-state index in [-0.39, 0.29) is 91.3 Å². The Morgan fingerprint density at radius 2 is 1.17 bits per heavy atom. The van der Waals surface area contributed by atoms with Gasteiger partial charge < -0.3 is 39.0 Å². The molecule has 2 aliphatic heterocycles. The van der Waals surface area contributed by atoms with Crippen LogP contribution in [0.5, 0.6) is 0 Å². The summed E-state index contributed by atoms with van der Waals surface area (Å²) in [5.74, 6) is -4.05. The number of ether oxygens (including phenoxy) is 2. The fourth-order valence-corrected chi connectivity index (χ4v) is 10.3. The van der Waals surface area contributed by atoms with Gasteiger partial charge in [0, 0.05) is 88.1 Å². The molecule has 3 aliphatic rings. The minimum Gasteiger partial charge on any atom is -0.460 e. The van der Waals surface area contributed by atoms with E-state index in [1.54, 1.807) is 84.6 Å². The highest BCUT2D eigenvalue weighted by molar-refractivity contribution is 6.31. The van der Waals surface area contributed by atoms with Gasteiger partial charge >= 0.3 is 12.1 Å². The van der Waals surface area contributed by atoms with Gasteiger partial charge in [-0.1, -0.05) is 59.6 Å². The van der Waals surface area contributed by atoms with Gasteiger partial charge in [-0.2, -0.15) is 0 Å². The molecular weight excluding hydrogens is 1110 g/mol. The topological polar surface area (TPSA) is 207 Å². The standard InChI is InChI=1S/C30H32ClF2N3O5.C29H29ClF2N4O5/c1-17(37)22-15-35(24-10-18(8-9-21(22)24)11-27(39)41-30(2,3)4)16-26(38)36-14-20(32)12-25(36)29(40)34-13-19-6-5-7-23(31)28(19)33;1-16(37)22-13-35(24-8-7-20(10-21(22)24)34-29(40)41-15-17-5-6-17)14-26(38)36-12-19(31)9-25(36)28(39)33-11-18-3-2-4-23(30)27(18)32/h5-10,15,20,25H,11-14,16H2,1-4H3,(H,34,40);2-4,7-8,10,13,17,19,25H,5-6,9,11-12,14-15H2,1H3,(H,33,39)(H,34,40)/t20-,25+;19-,25+/m11/s1. The molecule has 3 fully saturated rings. The molecular formula is C59H61Cl2F4N7O10. The number of ketones is 2. The number of carbonyl (C=O) groups excluding carboxylic acids is 8. The normalized spacial score (nSPS) is 17.7. The van der Waals surface area contributed by atoms with Gasteiger partial charge in [-0.25, -0.2) is 22.4 Å². The number of amides is 5. The van der Waals surface area contributed by atoms with Crippen molar-refractivity contribution in [3.63, 3.8) is 0 Å². The number of aromatic nitrogens is 2. The predicted molar refractivity (Wildman–Crippen MR) is 298 cm³/mol. The van der Waals surface area contributed by atoms with Crippen molar-refractivity contribution in [2.75, 3.05) is 25.0 Å². The van der Waals surface area contributed by atoms with Gasteiger partial charge in [-0.15, -0.1) is 0 Å². The third-order valence-corrected chi connectivity index (χ3v) is 14.7. The van der Waals surface area contributed by atoms with Gasteiger partial charge in [0.25, 0.3) is 0 Å². The van der Waals surface area contributed by atoms with Crippen molar-refractivity contribution < 1.29 is 65.4 Å². The third kappa shape index (κ3) is 14.8. The maximum absolute atomic E-state index is 14.5. The van der Waals surface area contributed by atoms with E-state index in [1.807, 2.05) is 0 Å². The molecule has 23 heteroatoms. The Morgan fingerprint density at radius 3 is 1.67 bits per heavy atom. The van der Waals surface area contributed by atoms with Crippen LogP contribution < -0.4 is 16.0 Å². The van der Waals surface area contributed by atoms with Crippen LogP contribution in [0.2, 0.25) is 10.0 Å². The smallest absolute Gasteiger partial charge is 0.411 e. The first-order chi connectivity index (χ1) is 38.8. The number of likely N-dealkylation sites (tertiary alicyclic amines) is 2. The van der Waals surface area contributed by atoms with Crippen LogP contribution in [0.25, 0.3) is 21.8 Å². The number of fused-ring (bicyclic) bond motifs is 2. The van der Waals surface area contributed by atoms with E-state index >= 15 is 0 Å². The Bertz CT molecular complexity index is 3490. The van der Waals surface area contributed by atoms with Gasteiger partial charge in [0.1, 0.15) is 54.8 Å². The summed E-state index contributed by atoms with van der Waals surface area (Å²) < 4.78 is 71.1. The van der Waals surface area contributed by atoms with E-state index in [0.29, 0.717) is 56.7 Å². The second-order valence-corrected chi connectivity index (χ2v) is 22.4. The average molecular weight is 1180 g/mol. The molecule has 2 saturated heterocycles. The fraction of sp³-hybridized carbons (Fsp3) is 0.390. The summed E-state index contributed by atoms with van der Waals surface area (Å²) in [6, 6.07) is 16.7. The molecule has 3 N–H and O–H groups in total. The van der Waals surface area contributed by atoms with Crippen LogP contribution in [-0.4, -0.2) is 116 Å². The second-order valence-electron chi connectivity index (χ2n) is 21.6. The zero-order chi connectivity index (χ0) is 59.3. The molecule has 2 aromatic heterocycles. The molecule has 6 aromatic rings. The van der Waals surface area contributed by atoms with E-state index in [1.165, 1.54) is 49.2 Å². The van der Waals surface area contributed by atoms with Gasteiger partial charge in [0.05, 0.1) is 36.2 Å². The average Bonchev–Trinajstić information content (AvgIpc) is 3.85. The summed E-state index contributed by atoms with van der Waals surface area (Å²) in [4.78, 5) is 104. The second kappa shape index (κ2) is 25.6. The van der Waals surface area contributed by atoms with Crippen molar-refractivity contribution in [3.8, 4) is 0 Å². The molecule has 0 spiro atoms. The Kier molecular flexibility index (Phi) is 18.8. The summed E-state index contributed by atoms with van der Waals surface area (Å²) >= 11 is 11.6. The molecule has 9 rings (SSSR count). The van der Waals surface area contributed by atoms with Crippen LogP contribution >= 0.6 is 23.2 Å². The lowest BCUT2D eigenvalue weighted by Gasteiger charge is -2.24. The number of alkyl halides is 2. The summed E-state index contributed by atoms with van der Waals surface area (Å²) in [6.45, 7) is 7.07. The maximum Gasteiger partial charge on any atom is 0.411 e. The highest BCUT2D eigenvalue weighted by Crippen LogP contribution is 2.31. The molecule has 0 bridgehead atoms. The number of hydrogen-bond donors (Lipinski definition) is 3. The van der Waals surface area contributed by atoms with Crippen molar-refractivity contribution in [1.82, 2.24) is 29.6 Å². The summed E-state index contributed by atoms with van der Waals surface area (Å²) in [6.07, 6.45) is 1.37. The van der Waals surface area contributed by atoms with Crippen molar-refractivity contribution in [2.45, 2.75) is 123 Å². The molecule has 0 unspecified atom stereocenters. The molecule has 434 valence electrons. The first-order valence-corrected chi connectivity index (χ1v) is 27.3. The van der Waals surface area contributed by atoms with E-state index < -0.39 is 77.4 Å². The minimum absolute atomic E-state index is 0.00708. The quantitative estimate of drug-likeness (QED) is 0.0448. The zero-order valence-electron chi connectivity index (χ0n) is 45.6. The lowest BCUT2D eigenvalue weighted by Crippen LogP contribution is -2.46. The zero-order valence-corrected chi connectivity index (χ0v) is 47.1. The highest BCUT2D eigenvalue weighted by Gasteiger charge is 2.41. The van der Waals surface area contributed by atoms with Gasteiger partial charge in [-0.05, 0) is 95.3 Å². The van der Waals surface area contributed by atoms with Crippen molar-refractivity contribution in [1.29, 1.82) is 0 Å². The lowest BCUT2D eigenvalue weighted by molar-refractivity contribution is -0.154. The Labute approximate surface area is 479 Å². The van der Waals surface area contributed by atoms with E-state index in [4.69, 9.17) is 32.7 Å². The number of benzene rings is 4. The van der Waals surface area contributed by atoms with E-state index in [2.05, 4.69) is 16.0 Å². The molecule has 4 heterocycles. The number of hydrogen-bond acceptors (Lipinski definition) is 10. The first kappa shape index (κ1) is 60.3. The van der Waals surface area contributed by atoms with Crippen LogP contribution in [0.1, 0.15) is 97.7 Å². The molecule has 4 atom stereocenters. The number of rotatable bonds is 17. The number of halogens is 6. The Balaban J connectivity index is 0.000000215. The molecule has 5 amide bonds. The van der Waals surface area contributed by atoms with Crippen LogP contribution in [-0.2, 0) is 66.0 Å². The number of carbonyl (C=O) groups is 8. The largest absolute Gasteiger partial charge is 0.460 e. The maximum atomic E-state index is 14.5. The van der Waals surface area contributed by atoms with Crippen molar-refractivity contribution >= 4 is 98.0 Å². The number of nitrogens with zero attached hydrogens (tertiary/aromatic N) is 4. The van der Waals surface area contributed by atoms with Gasteiger partial charge in [0.15, 0.2) is 11.6 Å². The van der Waals surface area contributed by atoms with Crippen LogP contribution in [0.15, 0.2) is 85.2 Å². The van der Waals surface area contributed by atoms with Crippen molar-refractivity contribution in [3.05, 3.63) is 135 Å². The summed E-state index contributed by atoms with van der Waals surface area (Å²) in [5, 5.41) is 8.75. The lowest BCUT2D eigenvalue weighted by atomic mass is 10.1. The van der Waals surface area contributed by atoms with Crippen LogP contribution in [0.3, 0.4) is 0 Å². The summed E-state index contributed by atoms with van der Waals surface area (Å²) in [5.41, 5.74) is 2.55. The van der Waals surface area contributed by atoms with E-state index in [9.17, 15) is 55.9 Å². The minimum atomic E-state index is -1.41. The molecule has 4 aromatic carbocycles. The number of anilines is 1. The third-order valence-electron chi connectivity index (χ3n) is 14.1. The molecule has 17 nitrogen and oxygen atoms in total. The highest BCUT2D eigenvalue weighted by atomic mass is 35.5. The van der Waals surface area contributed by atoms with E-state index in [0.717, 1.165) is 17.7 Å². The van der Waals surface area contributed by atoms with Crippen molar-refractivity contribution in [2.24, 2.45) is 5.92 Å². The van der Waals surface area contributed by atoms with Crippen LogP contribution in [0.4, 0.5) is 28.0 Å². The number of Topliss-reactive ketones (excluding diaryl/α,β-unsaturated/α-hetero) is 2. The monoisotopic (exact) mass is 1170 g/mol. The fourth-order valence-electron chi connectivity index (χ4n) is 9.88. The van der Waals surface area contributed by atoms with Gasteiger partial charge in [0.2, 0.25) is 23.6 Å². The Hall–Kier alpha value is -7.78. The van der Waals surface area contributed by atoms with Gasteiger partial charge in [-0.3, -0.25) is 38.9 Å². The molecule has 82 heavy (non-hydrogen) atoms. The molecule has 1 aliphatic carbocycles. The Morgan fingerprint density at radius 1 is 0.659 bits per heavy atom. The number of esters is 1. The predicted octanol–water partition coefficient (Wildman–Crippen LogP) is 9.63. The molecule has 1 saturated carbocycles. The number of nitrogens with one attached hydrogen (secondary N) is 3.